The second-order valence-electron chi connectivity index (χ2n) is 6.90. The lowest BCUT2D eigenvalue weighted by molar-refractivity contribution is -0.138. The number of nitrogens with one attached hydrogen (secondary N) is 1. The van der Waals surface area contributed by atoms with Crippen molar-refractivity contribution < 1.29 is 9.59 Å². The molecule has 2 aromatic heterocycles. The Morgan fingerprint density at radius 1 is 1.33 bits per heavy atom. The summed E-state index contributed by atoms with van der Waals surface area (Å²) in [6.07, 6.45) is 5.41. The molecule has 0 aliphatic carbocycles. The molecule has 0 saturated carbocycles. The second kappa shape index (κ2) is 9.60. The van der Waals surface area contributed by atoms with Crippen LogP contribution in [0.25, 0.3) is 0 Å². The van der Waals surface area contributed by atoms with Gasteiger partial charge in [-0.3, -0.25) is 14.6 Å². The van der Waals surface area contributed by atoms with E-state index in [-0.39, 0.29) is 17.7 Å². The molecule has 1 fully saturated rings. The van der Waals surface area contributed by atoms with Gasteiger partial charge in [-0.15, -0.1) is 11.3 Å². The summed E-state index contributed by atoms with van der Waals surface area (Å²) < 4.78 is 0. The third kappa shape index (κ3) is 5.60. The first-order chi connectivity index (χ1) is 13.1. The number of pyridine rings is 1. The first-order valence-electron chi connectivity index (χ1n) is 9.48. The van der Waals surface area contributed by atoms with E-state index in [1.165, 1.54) is 4.88 Å². The number of nitrogens with zero attached hydrogens (tertiary/aromatic N) is 3. The zero-order chi connectivity index (χ0) is 19.1. The number of carbonyl (C=O) groups is 2. The van der Waals surface area contributed by atoms with Crippen LogP contribution in [-0.2, 0) is 22.4 Å². The number of carbonyl (C=O) groups excluding carboxylic acids is 2. The molecule has 0 radical (unpaired) electrons. The number of hydrogen-bond acceptors (Lipinski definition) is 5. The van der Waals surface area contributed by atoms with Gasteiger partial charge in [0, 0.05) is 49.2 Å². The maximum atomic E-state index is 12.5. The summed E-state index contributed by atoms with van der Waals surface area (Å²) >= 11 is 1.67. The minimum absolute atomic E-state index is 0.0614. The number of aromatic nitrogens is 2. The molecule has 1 atom stereocenters. The van der Waals surface area contributed by atoms with Crippen molar-refractivity contribution in [1.82, 2.24) is 20.2 Å². The highest BCUT2D eigenvalue weighted by Gasteiger charge is 2.29. The molecule has 1 aliphatic rings. The number of likely N-dealkylation sites (tertiary alicyclic amines) is 1. The first kappa shape index (κ1) is 19.5. The molecule has 0 bridgehead atoms. The van der Waals surface area contributed by atoms with Crippen LogP contribution in [0.2, 0.25) is 0 Å². The van der Waals surface area contributed by atoms with Crippen LogP contribution >= 0.6 is 11.3 Å². The van der Waals surface area contributed by atoms with E-state index >= 15 is 0 Å². The maximum absolute atomic E-state index is 12.5. The molecule has 1 aliphatic heterocycles. The maximum Gasteiger partial charge on any atom is 0.224 e. The number of rotatable bonds is 8. The fraction of sp³-hybridized carbons (Fsp3) is 0.500. The van der Waals surface area contributed by atoms with Crippen molar-refractivity contribution in [3.63, 3.8) is 0 Å². The van der Waals surface area contributed by atoms with Gasteiger partial charge >= 0.3 is 0 Å². The van der Waals surface area contributed by atoms with E-state index < -0.39 is 0 Å². The van der Waals surface area contributed by atoms with Crippen molar-refractivity contribution in [3.05, 3.63) is 46.2 Å². The number of amides is 2. The summed E-state index contributed by atoms with van der Waals surface area (Å²) in [4.78, 5) is 36.3. The highest BCUT2D eigenvalue weighted by Crippen LogP contribution is 2.18. The van der Waals surface area contributed by atoms with Gasteiger partial charge in [-0.1, -0.05) is 6.07 Å². The minimum Gasteiger partial charge on any atom is -0.356 e. The lowest BCUT2D eigenvalue weighted by Crippen LogP contribution is -2.46. The van der Waals surface area contributed by atoms with Crippen LogP contribution < -0.4 is 5.32 Å². The van der Waals surface area contributed by atoms with E-state index in [1.54, 1.807) is 17.5 Å². The topological polar surface area (TPSA) is 75.2 Å². The quantitative estimate of drug-likeness (QED) is 0.707. The van der Waals surface area contributed by atoms with Gasteiger partial charge in [0.25, 0.3) is 0 Å². The average Bonchev–Trinajstić information content (AvgIpc) is 3.10. The lowest BCUT2D eigenvalue weighted by atomic mass is 9.96. The van der Waals surface area contributed by atoms with E-state index in [2.05, 4.69) is 15.3 Å². The third-order valence-electron chi connectivity index (χ3n) is 4.96. The highest BCUT2D eigenvalue weighted by molar-refractivity contribution is 7.09. The zero-order valence-corrected chi connectivity index (χ0v) is 16.5. The largest absolute Gasteiger partial charge is 0.356 e. The molecule has 7 heteroatoms. The Kier molecular flexibility index (Phi) is 6.92. The van der Waals surface area contributed by atoms with E-state index in [0.29, 0.717) is 32.5 Å². The number of thiazole rings is 1. The second-order valence-corrected chi connectivity index (χ2v) is 7.84. The van der Waals surface area contributed by atoms with E-state index in [4.69, 9.17) is 0 Å². The van der Waals surface area contributed by atoms with Crippen LogP contribution in [-0.4, -0.2) is 46.3 Å². The van der Waals surface area contributed by atoms with Crippen LogP contribution in [0, 0.1) is 12.8 Å². The normalized spacial score (nSPS) is 17.1. The molecule has 0 aromatic carbocycles. The van der Waals surface area contributed by atoms with Crippen LogP contribution in [0.1, 0.15) is 35.5 Å². The molecule has 2 amide bonds. The smallest absolute Gasteiger partial charge is 0.224 e. The lowest BCUT2D eigenvalue weighted by Gasteiger charge is -2.32. The highest BCUT2D eigenvalue weighted by atomic mass is 32.1. The summed E-state index contributed by atoms with van der Waals surface area (Å²) in [5.41, 5.74) is 3.91. The van der Waals surface area contributed by atoms with Crippen LogP contribution in [0.15, 0.2) is 29.9 Å². The van der Waals surface area contributed by atoms with Crippen molar-refractivity contribution in [3.8, 4) is 0 Å². The Labute approximate surface area is 164 Å². The summed E-state index contributed by atoms with van der Waals surface area (Å²) in [5, 5.41) is 3.04. The Balaban J connectivity index is 1.41. The van der Waals surface area contributed by atoms with Gasteiger partial charge in [0.1, 0.15) is 0 Å². The van der Waals surface area contributed by atoms with Gasteiger partial charge in [-0.2, -0.15) is 0 Å². The summed E-state index contributed by atoms with van der Waals surface area (Å²) in [6.45, 7) is 3.80. The third-order valence-corrected chi connectivity index (χ3v) is 5.95. The molecule has 0 spiro atoms. The molecule has 1 saturated heterocycles. The number of hydrogen-bond donors (Lipinski definition) is 1. The molecule has 144 valence electrons. The monoisotopic (exact) mass is 386 g/mol. The Hall–Kier alpha value is -2.28. The van der Waals surface area contributed by atoms with Crippen molar-refractivity contribution in [2.75, 3.05) is 19.6 Å². The molecule has 27 heavy (non-hydrogen) atoms. The molecule has 3 rings (SSSR count). The van der Waals surface area contributed by atoms with Gasteiger partial charge in [0.15, 0.2) is 0 Å². The Morgan fingerprint density at radius 2 is 2.22 bits per heavy atom. The van der Waals surface area contributed by atoms with Crippen molar-refractivity contribution in [1.29, 1.82) is 0 Å². The van der Waals surface area contributed by atoms with Gasteiger partial charge in [-0.05, 0) is 38.3 Å². The molecule has 0 unspecified atom stereocenters. The predicted molar refractivity (Wildman–Crippen MR) is 105 cm³/mol. The molecule has 6 nitrogen and oxygen atoms in total. The van der Waals surface area contributed by atoms with Gasteiger partial charge in [0.05, 0.1) is 17.1 Å². The fourth-order valence-electron chi connectivity index (χ4n) is 3.31. The molecular formula is C20H26N4O2S. The average molecular weight is 387 g/mol. The van der Waals surface area contributed by atoms with Crippen molar-refractivity contribution >= 4 is 23.2 Å². The summed E-state index contributed by atoms with van der Waals surface area (Å²) in [6, 6.07) is 5.79. The SMILES string of the molecule is Cc1ncsc1CCCNC(=O)[C@@H]1CCC(=O)N(CCc2ccccn2)C1. The van der Waals surface area contributed by atoms with E-state index in [0.717, 1.165) is 30.7 Å². The standard InChI is InChI=1S/C20H26N4O2S/c1-15-18(27-14-23-15)6-4-11-22-20(26)16-7-8-19(25)24(13-16)12-9-17-5-2-3-10-21-17/h2-3,5,10,14,16H,4,6-9,11-13H2,1H3,(H,22,26)/t16-/m1/s1. The first-order valence-corrected chi connectivity index (χ1v) is 10.4. The summed E-state index contributed by atoms with van der Waals surface area (Å²) in [5.74, 6) is 0.0820. The molecule has 2 aromatic rings. The van der Waals surface area contributed by atoms with E-state index in [9.17, 15) is 9.59 Å². The predicted octanol–water partition coefficient (Wildman–Crippen LogP) is 2.38. The Morgan fingerprint density at radius 3 is 2.96 bits per heavy atom. The van der Waals surface area contributed by atoms with Crippen LogP contribution in [0.4, 0.5) is 0 Å². The summed E-state index contributed by atoms with van der Waals surface area (Å²) in [7, 11) is 0. The molecular weight excluding hydrogens is 360 g/mol. The van der Waals surface area contributed by atoms with E-state index in [1.807, 2.05) is 35.5 Å². The van der Waals surface area contributed by atoms with Gasteiger partial charge in [0.2, 0.25) is 11.8 Å². The van der Waals surface area contributed by atoms with Crippen LogP contribution in [0.5, 0.6) is 0 Å². The fourth-order valence-corrected chi connectivity index (χ4v) is 4.13. The van der Waals surface area contributed by atoms with Crippen molar-refractivity contribution in [2.24, 2.45) is 5.92 Å². The number of aryl methyl sites for hydroxylation is 2. The van der Waals surface area contributed by atoms with Gasteiger partial charge < -0.3 is 10.2 Å². The minimum atomic E-state index is -0.114. The van der Waals surface area contributed by atoms with Crippen LogP contribution in [0.3, 0.4) is 0 Å². The Bertz CT molecular complexity index is 762. The molecule has 1 N–H and O–H groups in total. The van der Waals surface area contributed by atoms with Crippen molar-refractivity contribution in [2.45, 2.75) is 39.0 Å². The van der Waals surface area contributed by atoms with Gasteiger partial charge in [-0.25, -0.2) is 4.98 Å². The zero-order valence-electron chi connectivity index (χ0n) is 15.7. The number of piperidine rings is 1. The molecule has 3 heterocycles.